The topological polar surface area (TPSA) is 26.0 Å². The molecule has 0 aromatic rings. The van der Waals surface area contributed by atoms with Gasteiger partial charge in [0, 0.05) is 0 Å². The maximum Gasteiger partial charge on any atom is -0.00428 e. The summed E-state index contributed by atoms with van der Waals surface area (Å²) >= 11 is 0. The Bertz CT molecular complexity index is 215. The Kier molecular flexibility index (Phi) is 0.972. The minimum absolute atomic E-state index is 0.754. The van der Waals surface area contributed by atoms with E-state index in [1.165, 1.54) is 19.3 Å². The molecule has 2 bridgehead atoms. The van der Waals surface area contributed by atoms with Crippen LogP contribution in [0.1, 0.15) is 19.3 Å². The van der Waals surface area contributed by atoms with Gasteiger partial charge in [0.15, 0.2) is 0 Å². The van der Waals surface area contributed by atoms with Crippen molar-refractivity contribution in [3.05, 3.63) is 12.2 Å². The summed E-state index contributed by atoms with van der Waals surface area (Å²) in [7, 11) is 0. The summed E-state index contributed by atoms with van der Waals surface area (Å²) < 4.78 is 0. The molecule has 0 aromatic heterocycles. The van der Waals surface area contributed by atoms with Crippen LogP contribution in [-0.2, 0) is 0 Å². The molecule has 0 aromatic carbocycles. The molecule has 3 atom stereocenters. The van der Waals surface area contributed by atoms with Crippen molar-refractivity contribution in [2.45, 2.75) is 19.3 Å². The first-order valence-electron chi connectivity index (χ1n) is 4.75. The summed E-state index contributed by atoms with van der Waals surface area (Å²) in [5, 5.41) is 0. The van der Waals surface area contributed by atoms with Gasteiger partial charge in [0.1, 0.15) is 0 Å². The van der Waals surface area contributed by atoms with Crippen molar-refractivity contribution in [2.75, 3.05) is 6.54 Å². The van der Waals surface area contributed by atoms with Gasteiger partial charge in [0.25, 0.3) is 0 Å². The van der Waals surface area contributed by atoms with E-state index in [0.717, 1.165) is 29.7 Å². The summed E-state index contributed by atoms with van der Waals surface area (Å²) in [5.41, 5.74) is 6.49. The molecule has 2 saturated carbocycles. The van der Waals surface area contributed by atoms with E-state index < -0.39 is 0 Å². The molecule has 1 spiro atoms. The van der Waals surface area contributed by atoms with Crippen LogP contribution in [0.4, 0.5) is 0 Å². The zero-order valence-corrected chi connectivity index (χ0v) is 6.79. The van der Waals surface area contributed by atoms with Gasteiger partial charge in [-0.05, 0) is 49.0 Å². The summed E-state index contributed by atoms with van der Waals surface area (Å²) in [6, 6.07) is 0. The van der Waals surface area contributed by atoms with Gasteiger partial charge < -0.3 is 5.73 Å². The summed E-state index contributed by atoms with van der Waals surface area (Å²) in [4.78, 5) is 0. The van der Waals surface area contributed by atoms with Crippen LogP contribution < -0.4 is 5.73 Å². The molecule has 1 heteroatoms. The highest BCUT2D eigenvalue weighted by atomic mass is 14.7. The van der Waals surface area contributed by atoms with E-state index in [1.54, 1.807) is 0 Å². The highest BCUT2D eigenvalue weighted by molar-refractivity contribution is 5.26. The monoisotopic (exact) mass is 149 g/mol. The second-order valence-electron chi connectivity index (χ2n) is 4.48. The molecule has 2 fully saturated rings. The molecule has 1 nitrogen and oxygen atoms in total. The molecule has 60 valence electrons. The van der Waals surface area contributed by atoms with E-state index in [9.17, 15) is 0 Å². The number of nitrogens with two attached hydrogens (primary N) is 1. The van der Waals surface area contributed by atoms with Crippen molar-refractivity contribution in [3.8, 4) is 0 Å². The van der Waals surface area contributed by atoms with Gasteiger partial charge in [0.2, 0.25) is 0 Å². The van der Waals surface area contributed by atoms with Gasteiger partial charge >= 0.3 is 0 Å². The molecule has 3 aliphatic rings. The fourth-order valence-electron chi connectivity index (χ4n) is 3.39. The SMILES string of the molecule is NCC1C[C@@H]2C=C[C@@H]1C21CC1. The number of hydrogen-bond acceptors (Lipinski definition) is 1. The van der Waals surface area contributed by atoms with E-state index in [-0.39, 0.29) is 0 Å². The number of allylic oxidation sites excluding steroid dienone is 2. The Morgan fingerprint density at radius 3 is 2.64 bits per heavy atom. The molecular weight excluding hydrogens is 134 g/mol. The van der Waals surface area contributed by atoms with Crippen molar-refractivity contribution >= 4 is 0 Å². The second-order valence-corrected chi connectivity index (χ2v) is 4.48. The van der Waals surface area contributed by atoms with Gasteiger partial charge in [-0.25, -0.2) is 0 Å². The van der Waals surface area contributed by atoms with E-state index in [1.807, 2.05) is 0 Å². The van der Waals surface area contributed by atoms with Crippen molar-refractivity contribution in [2.24, 2.45) is 28.9 Å². The molecule has 0 saturated heterocycles. The van der Waals surface area contributed by atoms with Crippen LogP contribution in [0.5, 0.6) is 0 Å². The minimum atomic E-state index is 0.754. The minimum Gasteiger partial charge on any atom is -0.330 e. The predicted molar refractivity (Wildman–Crippen MR) is 44.9 cm³/mol. The smallest absolute Gasteiger partial charge is 0.00428 e. The molecule has 2 N–H and O–H groups in total. The molecule has 0 heterocycles. The van der Waals surface area contributed by atoms with Gasteiger partial charge in [-0.15, -0.1) is 0 Å². The largest absolute Gasteiger partial charge is 0.330 e. The Morgan fingerprint density at radius 1 is 1.36 bits per heavy atom. The van der Waals surface area contributed by atoms with Crippen LogP contribution in [0.2, 0.25) is 0 Å². The Labute approximate surface area is 67.7 Å². The lowest BCUT2D eigenvalue weighted by Crippen LogP contribution is -2.20. The zero-order valence-electron chi connectivity index (χ0n) is 6.79. The standard InChI is InChI=1S/C10H15N/c11-6-7-5-8-1-2-9(7)10(8)3-4-10/h1-2,7-9H,3-6,11H2/t7?,8-,9-/m0/s1. The fraction of sp³-hybridized carbons (Fsp3) is 0.800. The fourth-order valence-corrected chi connectivity index (χ4v) is 3.39. The van der Waals surface area contributed by atoms with Crippen molar-refractivity contribution in [1.29, 1.82) is 0 Å². The van der Waals surface area contributed by atoms with E-state index in [2.05, 4.69) is 12.2 Å². The quantitative estimate of drug-likeness (QED) is 0.562. The normalized spacial score (nSPS) is 49.0. The highest BCUT2D eigenvalue weighted by Gasteiger charge is 2.62. The van der Waals surface area contributed by atoms with Crippen molar-refractivity contribution in [3.63, 3.8) is 0 Å². The van der Waals surface area contributed by atoms with Crippen LogP contribution in [0, 0.1) is 23.2 Å². The third kappa shape index (κ3) is 0.572. The van der Waals surface area contributed by atoms with Crippen LogP contribution in [0.3, 0.4) is 0 Å². The van der Waals surface area contributed by atoms with Crippen molar-refractivity contribution in [1.82, 2.24) is 0 Å². The third-order valence-corrected chi connectivity index (χ3v) is 4.15. The van der Waals surface area contributed by atoms with Gasteiger partial charge in [-0.1, -0.05) is 12.2 Å². The first kappa shape index (κ1) is 6.24. The zero-order chi connectivity index (χ0) is 7.47. The Morgan fingerprint density at radius 2 is 2.18 bits per heavy atom. The molecule has 11 heavy (non-hydrogen) atoms. The number of hydrogen-bond donors (Lipinski definition) is 1. The van der Waals surface area contributed by atoms with E-state index in [0.29, 0.717) is 0 Å². The maximum atomic E-state index is 5.74. The molecule has 0 amide bonds. The summed E-state index contributed by atoms with van der Waals surface area (Å²) in [6.07, 6.45) is 9.23. The van der Waals surface area contributed by atoms with Gasteiger partial charge in [0.05, 0.1) is 0 Å². The average molecular weight is 149 g/mol. The summed E-state index contributed by atoms with van der Waals surface area (Å²) in [5.74, 6) is 2.62. The van der Waals surface area contributed by atoms with Gasteiger partial charge in [-0.3, -0.25) is 0 Å². The molecule has 0 radical (unpaired) electrons. The van der Waals surface area contributed by atoms with Crippen LogP contribution in [0.25, 0.3) is 0 Å². The first-order valence-corrected chi connectivity index (χ1v) is 4.75. The van der Waals surface area contributed by atoms with Crippen LogP contribution >= 0.6 is 0 Å². The lowest BCUT2D eigenvalue weighted by atomic mass is 9.89. The van der Waals surface area contributed by atoms with Crippen LogP contribution in [0.15, 0.2) is 12.2 Å². The van der Waals surface area contributed by atoms with E-state index in [4.69, 9.17) is 5.73 Å². The lowest BCUT2D eigenvalue weighted by molar-refractivity contribution is 0.366. The molecule has 3 rings (SSSR count). The third-order valence-electron chi connectivity index (χ3n) is 4.15. The highest BCUT2D eigenvalue weighted by Crippen LogP contribution is 2.69. The predicted octanol–water partition coefficient (Wildman–Crippen LogP) is 1.55. The average Bonchev–Trinajstić information content (AvgIpc) is 2.69. The summed E-state index contributed by atoms with van der Waals surface area (Å²) in [6.45, 7) is 0.910. The Hall–Kier alpha value is -0.300. The second kappa shape index (κ2) is 1.71. The van der Waals surface area contributed by atoms with E-state index >= 15 is 0 Å². The van der Waals surface area contributed by atoms with Crippen molar-refractivity contribution < 1.29 is 0 Å². The number of rotatable bonds is 1. The van der Waals surface area contributed by atoms with Gasteiger partial charge in [-0.2, -0.15) is 0 Å². The maximum absolute atomic E-state index is 5.74. The molecule has 3 aliphatic carbocycles. The molecular formula is C10H15N. The first-order chi connectivity index (χ1) is 5.37. The molecule has 1 unspecified atom stereocenters. The molecule has 0 aliphatic heterocycles. The lowest BCUT2D eigenvalue weighted by Gasteiger charge is -2.17. The Balaban J connectivity index is 1.95. The van der Waals surface area contributed by atoms with Crippen LogP contribution in [-0.4, -0.2) is 6.54 Å².